The van der Waals surface area contributed by atoms with Gasteiger partial charge >= 0.3 is 30.0 Å². The van der Waals surface area contributed by atoms with Gasteiger partial charge in [-0.3, -0.25) is 19.5 Å². The van der Waals surface area contributed by atoms with Crippen LogP contribution in [0, 0.1) is 18.8 Å². The number of H-pyrrole nitrogens is 1. The lowest BCUT2D eigenvalue weighted by molar-refractivity contribution is -0.233. The Balaban J connectivity index is 1.11. The number of alkyl halides is 4. The first-order chi connectivity index (χ1) is 34.2. The fraction of sp³-hybridized carbons (Fsp3) is 0.500. The van der Waals surface area contributed by atoms with Gasteiger partial charge in [0.1, 0.15) is 17.2 Å². The molecular weight excluding hydrogens is 957 g/mol. The van der Waals surface area contributed by atoms with Gasteiger partial charge in [-0.2, -0.15) is 22.7 Å². The van der Waals surface area contributed by atoms with Crippen molar-refractivity contribution in [3.63, 3.8) is 0 Å². The number of hydrogen-bond acceptors (Lipinski definition) is 11. The second-order valence-electron chi connectivity index (χ2n) is 20.5. The molecule has 1 unspecified atom stereocenters. The second kappa shape index (κ2) is 22.8. The zero-order valence-electron chi connectivity index (χ0n) is 42.3. The van der Waals surface area contributed by atoms with E-state index >= 15 is 0 Å². The number of nitrogens with one attached hydrogen (secondary N) is 5. The lowest BCUT2D eigenvalue weighted by Crippen LogP contribution is -2.48. The van der Waals surface area contributed by atoms with E-state index < -0.39 is 58.8 Å². The molecule has 2 heterocycles. The normalized spacial score (nSPS) is 17.2. The number of benzene rings is 3. The largest absolute Gasteiger partial charge is 0.464 e. The van der Waals surface area contributed by atoms with Crippen LogP contribution in [0.2, 0.25) is 0 Å². The molecule has 1 saturated heterocycles. The van der Waals surface area contributed by atoms with Crippen LogP contribution < -0.4 is 21.3 Å². The van der Waals surface area contributed by atoms with E-state index in [9.17, 15) is 46.3 Å². The molecule has 2 aliphatic rings. The summed E-state index contributed by atoms with van der Waals surface area (Å²) in [5.74, 6) is -16.1. The Morgan fingerprint density at radius 2 is 1.41 bits per heavy atom. The lowest BCUT2D eigenvalue weighted by atomic mass is 9.81. The lowest BCUT2D eigenvalue weighted by Gasteiger charge is -2.33. The standard InChI is InChI=1S/C52H64F4N8O9/c1-30-27-36(43(66)58-38-23-25-64(26-24-38)48(70)73-50(5,6)7)19-22-39(30)33-13-9-31(10-14-33)28-40(60-42(65)35-15-11-32(12-16-35)29-57-47(69)72-49(2,3)4)44(67)59-37-20-17-34(18-21-37)41-61-45(63-62-41)51(53,54)52(55,56)46(68)71-8/h9-10,13-14,17-22,27,32,35,38,40H,11-12,15-16,23-26,28-29H2,1-8H3,(H,57,69)(H,58,66)(H,59,67)(H,60,65)(H,61,62,63). The molecule has 17 nitrogen and oxygen atoms in total. The van der Waals surface area contributed by atoms with Crippen molar-refractivity contribution < 1.29 is 60.5 Å². The number of ether oxygens (including phenoxy) is 3. The summed E-state index contributed by atoms with van der Waals surface area (Å²) in [5, 5.41) is 17.0. The highest BCUT2D eigenvalue weighted by molar-refractivity contribution is 5.98. The summed E-state index contributed by atoms with van der Waals surface area (Å²) in [6.07, 6.45) is 2.79. The van der Waals surface area contributed by atoms with Crippen molar-refractivity contribution in [2.45, 2.75) is 129 Å². The Morgan fingerprint density at radius 1 is 0.795 bits per heavy atom. The molecule has 5 amide bonds. The Labute approximate surface area is 421 Å². The Hall–Kier alpha value is -7.06. The number of aromatic amines is 1. The van der Waals surface area contributed by atoms with Gasteiger partial charge in [-0.15, -0.1) is 0 Å². The molecule has 73 heavy (non-hydrogen) atoms. The number of methoxy groups -OCH3 is 1. The summed E-state index contributed by atoms with van der Waals surface area (Å²) in [6.45, 7) is 14.0. The first-order valence-electron chi connectivity index (χ1n) is 24.2. The zero-order valence-corrected chi connectivity index (χ0v) is 42.3. The fourth-order valence-electron chi connectivity index (χ4n) is 8.52. The molecule has 1 atom stereocenters. The van der Waals surface area contributed by atoms with E-state index in [2.05, 4.69) is 36.1 Å². The molecule has 0 radical (unpaired) electrons. The molecule has 5 N–H and O–H groups in total. The fourth-order valence-corrected chi connectivity index (χ4v) is 8.52. The maximum absolute atomic E-state index is 14.6. The Bertz CT molecular complexity index is 2620. The van der Waals surface area contributed by atoms with Gasteiger partial charge in [0.2, 0.25) is 17.6 Å². The minimum Gasteiger partial charge on any atom is -0.464 e. The number of halogens is 4. The molecule has 21 heteroatoms. The number of aromatic nitrogens is 3. The predicted octanol–water partition coefficient (Wildman–Crippen LogP) is 8.47. The zero-order chi connectivity index (χ0) is 53.5. The minimum atomic E-state index is -5.24. The summed E-state index contributed by atoms with van der Waals surface area (Å²) >= 11 is 0. The van der Waals surface area contributed by atoms with E-state index in [1.54, 1.807) is 36.8 Å². The number of carbonyl (C=O) groups excluding carboxylic acids is 6. The van der Waals surface area contributed by atoms with Crippen LogP contribution in [0.5, 0.6) is 0 Å². The highest BCUT2D eigenvalue weighted by Crippen LogP contribution is 2.42. The number of carbonyl (C=O) groups is 6. The number of amides is 5. The van der Waals surface area contributed by atoms with E-state index in [1.165, 1.54) is 24.3 Å². The van der Waals surface area contributed by atoms with Gasteiger partial charge in [0.15, 0.2) is 5.82 Å². The van der Waals surface area contributed by atoms with Gasteiger partial charge in [0.05, 0.1) is 7.11 Å². The van der Waals surface area contributed by atoms with Crippen LogP contribution in [-0.4, -0.2) is 112 Å². The van der Waals surface area contributed by atoms with Crippen LogP contribution >= 0.6 is 0 Å². The van der Waals surface area contributed by atoms with Crippen molar-refractivity contribution in [2.75, 3.05) is 32.1 Å². The van der Waals surface area contributed by atoms with Crippen LogP contribution in [0.3, 0.4) is 0 Å². The number of likely N-dealkylation sites (tertiary alicyclic amines) is 1. The van der Waals surface area contributed by atoms with Crippen LogP contribution in [-0.2, 0) is 40.9 Å². The second-order valence-corrected chi connectivity index (χ2v) is 20.5. The minimum absolute atomic E-state index is 0.0876. The molecule has 3 aromatic carbocycles. The summed E-state index contributed by atoms with van der Waals surface area (Å²) in [4.78, 5) is 82.5. The number of anilines is 1. The molecule has 6 rings (SSSR count). The van der Waals surface area contributed by atoms with Gasteiger partial charge in [0, 0.05) is 54.8 Å². The van der Waals surface area contributed by atoms with Crippen LogP contribution in [0.15, 0.2) is 66.7 Å². The third-order valence-corrected chi connectivity index (χ3v) is 12.5. The van der Waals surface area contributed by atoms with E-state index in [1.807, 2.05) is 64.1 Å². The first-order valence-corrected chi connectivity index (χ1v) is 24.2. The van der Waals surface area contributed by atoms with Crippen molar-refractivity contribution >= 4 is 41.6 Å². The molecular formula is C52H64F4N8O9. The monoisotopic (exact) mass is 1020 g/mol. The summed E-state index contributed by atoms with van der Waals surface area (Å²) in [7, 11) is 0.548. The Kier molecular flexibility index (Phi) is 17.2. The van der Waals surface area contributed by atoms with E-state index in [4.69, 9.17) is 9.47 Å². The number of alkyl carbamates (subject to hydrolysis) is 1. The molecule has 2 fully saturated rings. The highest BCUT2D eigenvalue weighted by atomic mass is 19.3. The quantitative estimate of drug-likeness (QED) is 0.0432. The average Bonchev–Trinajstić information content (AvgIpc) is 3.84. The number of piperidine rings is 1. The highest BCUT2D eigenvalue weighted by Gasteiger charge is 2.66. The molecule has 1 aliphatic carbocycles. The molecule has 1 aliphatic heterocycles. The number of aryl methyl sites for hydroxylation is 1. The smallest absolute Gasteiger partial charge is 0.412 e. The summed E-state index contributed by atoms with van der Waals surface area (Å²) in [5.41, 5.74) is 2.92. The average molecular weight is 1020 g/mol. The summed E-state index contributed by atoms with van der Waals surface area (Å²) < 4.78 is 72.3. The van der Waals surface area contributed by atoms with Crippen LogP contribution in [0.25, 0.3) is 22.5 Å². The summed E-state index contributed by atoms with van der Waals surface area (Å²) in [6, 6.07) is 17.3. The van der Waals surface area contributed by atoms with Crippen molar-refractivity contribution in [2.24, 2.45) is 11.8 Å². The molecule has 1 aromatic heterocycles. The first kappa shape index (κ1) is 55.3. The Morgan fingerprint density at radius 3 is 2.00 bits per heavy atom. The van der Waals surface area contributed by atoms with E-state index in [0.29, 0.717) is 70.8 Å². The van der Waals surface area contributed by atoms with E-state index in [0.717, 1.165) is 22.3 Å². The van der Waals surface area contributed by atoms with Gasteiger partial charge in [0.25, 0.3) is 5.91 Å². The number of nitrogens with zero attached hydrogens (tertiary/aromatic N) is 3. The van der Waals surface area contributed by atoms with Crippen molar-refractivity contribution in [1.82, 2.24) is 36.0 Å². The van der Waals surface area contributed by atoms with Crippen LogP contribution in [0.1, 0.15) is 107 Å². The molecule has 394 valence electrons. The maximum atomic E-state index is 14.6. The third kappa shape index (κ3) is 14.6. The number of hydrogen-bond donors (Lipinski definition) is 5. The number of rotatable bonds is 15. The van der Waals surface area contributed by atoms with Gasteiger partial charge in [-0.25, -0.2) is 19.4 Å². The van der Waals surface area contributed by atoms with E-state index in [-0.39, 0.29) is 53.4 Å². The van der Waals surface area contributed by atoms with Gasteiger partial charge < -0.3 is 40.4 Å². The SMILES string of the molecule is COC(=O)C(F)(F)C(F)(F)c1nc(-c2ccc(NC(=O)C(Cc3ccc(-c4ccc(C(=O)NC5CCN(C(=O)OC(C)(C)C)CC5)cc4C)cc3)NC(=O)C3CCC(CNC(=O)OC(C)(C)C)CC3)cc2)n[nH]1. The van der Waals surface area contributed by atoms with Crippen molar-refractivity contribution in [1.29, 1.82) is 0 Å². The van der Waals surface area contributed by atoms with Crippen molar-refractivity contribution in [3.8, 4) is 22.5 Å². The molecule has 0 bridgehead atoms. The van der Waals surface area contributed by atoms with Gasteiger partial charge in [-0.05, 0) is 152 Å². The third-order valence-electron chi connectivity index (χ3n) is 12.5. The van der Waals surface area contributed by atoms with Crippen LogP contribution in [0.4, 0.5) is 32.8 Å². The molecule has 1 saturated carbocycles. The topological polar surface area (TPSA) is 223 Å². The maximum Gasteiger partial charge on any atom is 0.412 e. The number of esters is 1. The van der Waals surface area contributed by atoms with Crippen molar-refractivity contribution in [3.05, 3.63) is 89.2 Å². The van der Waals surface area contributed by atoms with Gasteiger partial charge in [-0.1, -0.05) is 30.3 Å². The predicted molar refractivity (Wildman–Crippen MR) is 262 cm³/mol. The molecule has 0 spiro atoms. The molecule has 4 aromatic rings.